The molecule has 0 bridgehead atoms. The molecule has 0 unspecified atom stereocenters. The van der Waals surface area contributed by atoms with Crippen LogP contribution in [0, 0.1) is 0 Å². The van der Waals surface area contributed by atoms with Crippen molar-refractivity contribution in [1.82, 2.24) is 4.90 Å². The summed E-state index contributed by atoms with van der Waals surface area (Å²) in [6, 6.07) is 7.67. The Morgan fingerprint density at radius 1 is 1.33 bits per heavy atom. The Morgan fingerprint density at radius 2 is 2.00 bits per heavy atom. The molecule has 3 nitrogen and oxygen atoms in total. The van der Waals surface area contributed by atoms with Crippen LogP contribution in [0.3, 0.4) is 0 Å². The van der Waals surface area contributed by atoms with E-state index in [-0.39, 0.29) is 5.91 Å². The maximum absolute atomic E-state index is 12.0. The summed E-state index contributed by atoms with van der Waals surface area (Å²) in [6.07, 6.45) is 2.17. The standard InChI is InChI=1S/C15H21NO2/c1-4-11-16(5-2)15(17)12-13-7-9-14(10-8-13)18-6-3/h4,7-10H,1,5-6,11-12H2,2-3H3. The van der Waals surface area contributed by atoms with Gasteiger partial charge >= 0.3 is 0 Å². The maximum Gasteiger partial charge on any atom is 0.227 e. The van der Waals surface area contributed by atoms with E-state index < -0.39 is 0 Å². The van der Waals surface area contributed by atoms with Crippen LogP contribution in [-0.2, 0) is 11.2 Å². The highest BCUT2D eigenvalue weighted by Crippen LogP contribution is 2.13. The molecule has 98 valence electrons. The number of ether oxygens (including phenoxy) is 1. The van der Waals surface area contributed by atoms with Crippen LogP contribution in [0.15, 0.2) is 36.9 Å². The fraction of sp³-hybridized carbons (Fsp3) is 0.400. The molecule has 0 heterocycles. The third-order valence-corrected chi connectivity index (χ3v) is 2.67. The summed E-state index contributed by atoms with van der Waals surface area (Å²) in [5.41, 5.74) is 1.01. The Balaban J connectivity index is 2.60. The van der Waals surface area contributed by atoms with Gasteiger partial charge in [0.2, 0.25) is 5.91 Å². The largest absolute Gasteiger partial charge is 0.494 e. The van der Waals surface area contributed by atoms with Crippen LogP contribution in [0.25, 0.3) is 0 Å². The Hall–Kier alpha value is -1.77. The molecular formula is C15H21NO2. The first kappa shape index (κ1) is 14.3. The number of likely N-dealkylation sites (N-methyl/N-ethyl adjacent to an activating group) is 1. The van der Waals surface area contributed by atoms with E-state index in [1.165, 1.54) is 0 Å². The molecule has 0 aliphatic heterocycles. The zero-order valence-corrected chi connectivity index (χ0v) is 11.2. The molecule has 1 aromatic carbocycles. The van der Waals surface area contributed by atoms with Crippen molar-refractivity contribution >= 4 is 5.91 Å². The van der Waals surface area contributed by atoms with E-state index in [0.29, 0.717) is 26.1 Å². The topological polar surface area (TPSA) is 29.5 Å². The Bertz CT molecular complexity index is 384. The summed E-state index contributed by atoms with van der Waals surface area (Å²) in [4.78, 5) is 13.8. The average molecular weight is 247 g/mol. The lowest BCUT2D eigenvalue weighted by Gasteiger charge is -2.18. The van der Waals surface area contributed by atoms with Crippen LogP contribution in [0.4, 0.5) is 0 Å². The lowest BCUT2D eigenvalue weighted by molar-refractivity contribution is -0.129. The number of hydrogen-bond donors (Lipinski definition) is 0. The summed E-state index contributed by atoms with van der Waals surface area (Å²) in [7, 11) is 0. The molecule has 0 spiro atoms. The van der Waals surface area contributed by atoms with Gasteiger partial charge in [-0.3, -0.25) is 4.79 Å². The van der Waals surface area contributed by atoms with Crippen molar-refractivity contribution in [2.45, 2.75) is 20.3 Å². The lowest BCUT2D eigenvalue weighted by atomic mass is 10.1. The predicted octanol–water partition coefficient (Wildman–Crippen LogP) is 2.66. The molecule has 1 aromatic rings. The zero-order chi connectivity index (χ0) is 13.4. The van der Waals surface area contributed by atoms with Crippen LogP contribution in [-0.4, -0.2) is 30.5 Å². The third kappa shape index (κ3) is 4.24. The summed E-state index contributed by atoms with van der Waals surface area (Å²) < 4.78 is 5.36. The minimum absolute atomic E-state index is 0.126. The van der Waals surface area contributed by atoms with Gasteiger partial charge in [0.15, 0.2) is 0 Å². The second-order valence-corrected chi connectivity index (χ2v) is 3.97. The van der Waals surface area contributed by atoms with Gasteiger partial charge in [0.05, 0.1) is 13.0 Å². The van der Waals surface area contributed by atoms with E-state index in [4.69, 9.17) is 4.74 Å². The van der Waals surface area contributed by atoms with Crippen molar-refractivity contribution in [3.05, 3.63) is 42.5 Å². The first-order valence-electron chi connectivity index (χ1n) is 6.31. The first-order valence-corrected chi connectivity index (χ1v) is 6.31. The van der Waals surface area contributed by atoms with E-state index in [1.807, 2.05) is 38.1 Å². The van der Waals surface area contributed by atoms with Gasteiger partial charge in [0, 0.05) is 13.1 Å². The molecule has 1 amide bonds. The van der Waals surface area contributed by atoms with E-state index >= 15 is 0 Å². The van der Waals surface area contributed by atoms with Crippen LogP contribution in [0.5, 0.6) is 5.75 Å². The van der Waals surface area contributed by atoms with Gasteiger partial charge in [0.25, 0.3) is 0 Å². The van der Waals surface area contributed by atoms with Crippen LogP contribution in [0.2, 0.25) is 0 Å². The molecule has 18 heavy (non-hydrogen) atoms. The number of carbonyl (C=O) groups excluding carboxylic acids is 1. The molecule has 0 fully saturated rings. The first-order chi connectivity index (χ1) is 8.71. The molecule has 1 rings (SSSR count). The fourth-order valence-electron chi connectivity index (χ4n) is 1.72. The summed E-state index contributed by atoms with van der Waals surface area (Å²) in [5.74, 6) is 0.966. The number of rotatable bonds is 7. The summed E-state index contributed by atoms with van der Waals surface area (Å²) in [6.45, 7) is 9.55. The summed E-state index contributed by atoms with van der Waals surface area (Å²) in [5, 5.41) is 0. The van der Waals surface area contributed by atoms with Crippen molar-refractivity contribution in [3.8, 4) is 5.75 Å². The monoisotopic (exact) mass is 247 g/mol. The smallest absolute Gasteiger partial charge is 0.227 e. The average Bonchev–Trinajstić information content (AvgIpc) is 2.38. The van der Waals surface area contributed by atoms with Gasteiger partial charge in [-0.05, 0) is 31.5 Å². The normalized spacial score (nSPS) is 9.89. The van der Waals surface area contributed by atoms with Gasteiger partial charge in [-0.2, -0.15) is 0 Å². The second-order valence-electron chi connectivity index (χ2n) is 3.97. The van der Waals surface area contributed by atoms with Crippen LogP contribution >= 0.6 is 0 Å². The number of carbonyl (C=O) groups is 1. The van der Waals surface area contributed by atoms with Crippen LogP contribution < -0.4 is 4.74 Å². The number of amides is 1. The van der Waals surface area contributed by atoms with Crippen molar-refractivity contribution < 1.29 is 9.53 Å². The highest BCUT2D eigenvalue weighted by atomic mass is 16.5. The molecule has 0 saturated carbocycles. The Labute approximate surface area is 109 Å². The number of benzene rings is 1. The second kappa shape index (κ2) is 7.54. The van der Waals surface area contributed by atoms with Crippen molar-refractivity contribution in [2.75, 3.05) is 19.7 Å². The molecule has 0 atom stereocenters. The van der Waals surface area contributed by atoms with Gasteiger partial charge in [0.1, 0.15) is 5.75 Å². The molecule has 0 N–H and O–H groups in total. The maximum atomic E-state index is 12.0. The molecule has 0 saturated heterocycles. The van der Waals surface area contributed by atoms with Crippen molar-refractivity contribution in [1.29, 1.82) is 0 Å². The van der Waals surface area contributed by atoms with Crippen molar-refractivity contribution in [3.63, 3.8) is 0 Å². The van der Waals surface area contributed by atoms with E-state index in [0.717, 1.165) is 11.3 Å². The van der Waals surface area contributed by atoms with E-state index in [9.17, 15) is 4.79 Å². The molecule has 0 aliphatic carbocycles. The SMILES string of the molecule is C=CCN(CC)C(=O)Cc1ccc(OCC)cc1. The minimum Gasteiger partial charge on any atom is -0.494 e. The van der Waals surface area contributed by atoms with Gasteiger partial charge in [-0.25, -0.2) is 0 Å². The van der Waals surface area contributed by atoms with Gasteiger partial charge in [-0.15, -0.1) is 6.58 Å². The number of hydrogen-bond acceptors (Lipinski definition) is 2. The minimum atomic E-state index is 0.126. The van der Waals surface area contributed by atoms with Crippen LogP contribution in [0.1, 0.15) is 19.4 Å². The molecular weight excluding hydrogens is 226 g/mol. The highest BCUT2D eigenvalue weighted by Gasteiger charge is 2.10. The highest BCUT2D eigenvalue weighted by molar-refractivity contribution is 5.78. The van der Waals surface area contributed by atoms with E-state index in [1.54, 1.807) is 11.0 Å². The predicted molar refractivity (Wildman–Crippen MR) is 73.8 cm³/mol. The molecule has 0 aromatic heterocycles. The Kier molecular flexibility index (Phi) is 5.98. The molecule has 0 radical (unpaired) electrons. The van der Waals surface area contributed by atoms with Gasteiger partial charge < -0.3 is 9.64 Å². The molecule has 3 heteroatoms. The lowest BCUT2D eigenvalue weighted by Crippen LogP contribution is -2.32. The van der Waals surface area contributed by atoms with Crippen molar-refractivity contribution in [2.24, 2.45) is 0 Å². The quantitative estimate of drug-likeness (QED) is 0.693. The van der Waals surface area contributed by atoms with E-state index in [2.05, 4.69) is 6.58 Å². The van der Waals surface area contributed by atoms with Gasteiger partial charge in [-0.1, -0.05) is 18.2 Å². The fourth-order valence-corrected chi connectivity index (χ4v) is 1.72. The Morgan fingerprint density at radius 3 is 2.50 bits per heavy atom. The summed E-state index contributed by atoms with van der Waals surface area (Å²) >= 11 is 0. The molecule has 0 aliphatic rings. The zero-order valence-electron chi connectivity index (χ0n) is 11.2. The third-order valence-electron chi connectivity index (χ3n) is 2.67. The number of nitrogens with zero attached hydrogens (tertiary/aromatic N) is 1.